The van der Waals surface area contributed by atoms with Crippen LogP contribution < -0.4 is 5.32 Å². The lowest BCUT2D eigenvalue weighted by molar-refractivity contribution is -0.122. The summed E-state index contributed by atoms with van der Waals surface area (Å²) < 4.78 is 7.13. The summed E-state index contributed by atoms with van der Waals surface area (Å²) in [5.41, 5.74) is 0.692. The fourth-order valence-corrected chi connectivity index (χ4v) is 2.44. The van der Waals surface area contributed by atoms with Gasteiger partial charge in [0, 0.05) is 13.0 Å². The number of carbonyl (C=O) groups excluding carboxylic acids is 1. The van der Waals surface area contributed by atoms with Crippen LogP contribution in [0.2, 0.25) is 0 Å². The third-order valence-electron chi connectivity index (χ3n) is 3.79. The van der Waals surface area contributed by atoms with E-state index in [1.807, 2.05) is 28.8 Å². The summed E-state index contributed by atoms with van der Waals surface area (Å²) in [4.78, 5) is 16.3. The second-order valence-electron chi connectivity index (χ2n) is 5.70. The fourth-order valence-electron chi connectivity index (χ4n) is 2.44. The van der Waals surface area contributed by atoms with Gasteiger partial charge in [-0.05, 0) is 31.2 Å². The Kier molecular flexibility index (Phi) is 4.16. The van der Waals surface area contributed by atoms with E-state index in [0.29, 0.717) is 18.7 Å². The highest BCUT2D eigenvalue weighted by Crippen LogP contribution is 2.19. The zero-order chi connectivity index (χ0) is 16.3. The number of fused-ring (bicyclic) bond motifs is 1. The third-order valence-corrected chi connectivity index (χ3v) is 3.79. The van der Waals surface area contributed by atoms with Crippen LogP contribution in [0, 0.1) is 0 Å². The van der Waals surface area contributed by atoms with Crippen molar-refractivity contribution in [3.8, 4) is 0 Å². The van der Waals surface area contributed by atoms with Crippen LogP contribution in [0.15, 0.2) is 53.4 Å². The predicted octanol–water partition coefficient (Wildman–Crippen LogP) is 2.04. The van der Waals surface area contributed by atoms with Crippen molar-refractivity contribution in [1.82, 2.24) is 14.9 Å². The zero-order valence-electron chi connectivity index (χ0n) is 12.9. The number of aliphatic hydroxyl groups is 1. The van der Waals surface area contributed by atoms with Gasteiger partial charge in [-0.2, -0.15) is 0 Å². The number of nitrogens with one attached hydrogen (secondary N) is 1. The Morgan fingerprint density at radius 3 is 2.96 bits per heavy atom. The quantitative estimate of drug-likeness (QED) is 0.730. The lowest BCUT2D eigenvalue weighted by Gasteiger charge is -2.21. The molecule has 3 aromatic rings. The molecule has 2 N–H and O–H groups in total. The van der Waals surface area contributed by atoms with Gasteiger partial charge in [0.05, 0.1) is 30.2 Å². The van der Waals surface area contributed by atoms with Crippen LogP contribution in [0.1, 0.15) is 19.1 Å². The molecule has 2 heterocycles. The van der Waals surface area contributed by atoms with E-state index in [1.54, 1.807) is 25.4 Å². The van der Waals surface area contributed by atoms with Crippen LogP contribution in [0.5, 0.6) is 0 Å². The predicted molar refractivity (Wildman–Crippen MR) is 85.6 cm³/mol. The van der Waals surface area contributed by atoms with Gasteiger partial charge in [-0.15, -0.1) is 0 Å². The Balaban J connectivity index is 1.54. The summed E-state index contributed by atoms with van der Waals surface area (Å²) in [6.07, 6.45) is 3.54. The van der Waals surface area contributed by atoms with E-state index in [1.165, 1.54) is 6.26 Å². The van der Waals surface area contributed by atoms with Gasteiger partial charge in [0.15, 0.2) is 0 Å². The van der Waals surface area contributed by atoms with Crippen molar-refractivity contribution >= 4 is 16.9 Å². The Hall–Kier alpha value is -2.60. The van der Waals surface area contributed by atoms with Crippen molar-refractivity contribution in [1.29, 1.82) is 0 Å². The highest BCUT2D eigenvalue weighted by atomic mass is 16.4. The molecule has 0 saturated heterocycles. The Labute approximate surface area is 133 Å². The van der Waals surface area contributed by atoms with Gasteiger partial charge in [-0.3, -0.25) is 4.79 Å². The number of para-hydroxylation sites is 2. The second kappa shape index (κ2) is 6.26. The van der Waals surface area contributed by atoms with Gasteiger partial charge >= 0.3 is 0 Å². The highest BCUT2D eigenvalue weighted by Gasteiger charge is 2.26. The van der Waals surface area contributed by atoms with Gasteiger partial charge in [0.1, 0.15) is 11.4 Å². The van der Waals surface area contributed by atoms with Crippen molar-refractivity contribution in [2.45, 2.75) is 25.5 Å². The first-order chi connectivity index (χ1) is 11.1. The maximum atomic E-state index is 12.0. The number of aromatic nitrogens is 2. The molecule has 0 radical (unpaired) electrons. The molecule has 120 valence electrons. The molecule has 3 rings (SSSR count). The Morgan fingerprint density at radius 1 is 1.35 bits per heavy atom. The summed E-state index contributed by atoms with van der Waals surface area (Å²) in [6, 6.07) is 11.2. The van der Waals surface area contributed by atoms with Crippen molar-refractivity contribution in [3.63, 3.8) is 0 Å². The first-order valence-corrected chi connectivity index (χ1v) is 7.49. The maximum absolute atomic E-state index is 12.0. The summed E-state index contributed by atoms with van der Waals surface area (Å²) >= 11 is 0. The standard InChI is InChI=1S/C17H19N3O3/c1-17(22,15-7-4-10-23-15)11-18-16(21)8-9-20-12-19-13-5-2-3-6-14(13)20/h2-7,10,12,22H,8-9,11H2,1H3,(H,18,21). The molecule has 0 bridgehead atoms. The van der Waals surface area contributed by atoms with E-state index in [-0.39, 0.29) is 12.5 Å². The van der Waals surface area contributed by atoms with E-state index in [0.717, 1.165) is 11.0 Å². The highest BCUT2D eigenvalue weighted by molar-refractivity contribution is 5.77. The minimum Gasteiger partial charge on any atom is -0.466 e. The van der Waals surface area contributed by atoms with Gasteiger partial charge in [0.25, 0.3) is 0 Å². The molecular formula is C17H19N3O3. The number of carbonyl (C=O) groups is 1. The number of nitrogens with zero attached hydrogens (tertiary/aromatic N) is 2. The molecule has 1 aromatic carbocycles. The summed E-state index contributed by atoms with van der Waals surface area (Å²) in [5, 5.41) is 13.0. The van der Waals surface area contributed by atoms with E-state index < -0.39 is 5.60 Å². The van der Waals surface area contributed by atoms with Gasteiger partial charge in [-0.25, -0.2) is 4.98 Å². The van der Waals surface area contributed by atoms with Gasteiger partial charge in [0.2, 0.25) is 5.91 Å². The third kappa shape index (κ3) is 3.43. The SMILES string of the molecule is CC(O)(CNC(=O)CCn1cnc2ccccc21)c1ccco1. The molecule has 6 nitrogen and oxygen atoms in total. The molecule has 0 spiro atoms. The van der Waals surface area contributed by atoms with Crippen LogP contribution in [0.4, 0.5) is 0 Å². The van der Waals surface area contributed by atoms with E-state index in [2.05, 4.69) is 10.3 Å². The number of furan rings is 1. The molecule has 0 saturated carbocycles. The summed E-state index contributed by atoms with van der Waals surface area (Å²) in [6.45, 7) is 2.24. The van der Waals surface area contributed by atoms with Gasteiger partial charge in [-0.1, -0.05) is 12.1 Å². The second-order valence-corrected chi connectivity index (χ2v) is 5.70. The van der Waals surface area contributed by atoms with Gasteiger partial charge < -0.3 is 19.4 Å². The fraction of sp³-hybridized carbons (Fsp3) is 0.294. The molecule has 0 aliphatic carbocycles. The van der Waals surface area contributed by atoms with Crippen LogP contribution in [-0.4, -0.2) is 27.1 Å². The molecule has 2 aromatic heterocycles. The van der Waals surface area contributed by atoms with Crippen molar-refractivity contribution < 1.29 is 14.3 Å². The van der Waals surface area contributed by atoms with Crippen LogP contribution in [-0.2, 0) is 16.9 Å². The Bertz CT molecular complexity index is 790. The van der Waals surface area contributed by atoms with E-state index in [4.69, 9.17) is 4.42 Å². The monoisotopic (exact) mass is 313 g/mol. The molecule has 6 heteroatoms. The first kappa shape index (κ1) is 15.3. The number of benzene rings is 1. The molecule has 1 atom stereocenters. The smallest absolute Gasteiger partial charge is 0.221 e. The lowest BCUT2D eigenvalue weighted by atomic mass is 10.0. The maximum Gasteiger partial charge on any atom is 0.221 e. The number of imidazole rings is 1. The number of hydrogen-bond donors (Lipinski definition) is 2. The van der Waals surface area contributed by atoms with E-state index >= 15 is 0 Å². The molecule has 1 amide bonds. The lowest BCUT2D eigenvalue weighted by Crippen LogP contribution is -2.38. The minimum absolute atomic E-state index is 0.101. The van der Waals surface area contributed by atoms with Crippen LogP contribution in [0.25, 0.3) is 11.0 Å². The average molecular weight is 313 g/mol. The zero-order valence-corrected chi connectivity index (χ0v) is 12.9. The van der Waals surface area contributed by atoms with Crippen molar-refractivity contribution in [2.75, 3.05) is 6.54 Å². The normalized spacial score (nSPS) is 13.8. The number of amides is 1. The van der Waals surface area contributed by atoms with E-state index in [9.17, 15) is 9.90 Å². The first-order valence-electron chi connectivity index (χ1n) is 7.49. The number of rotatable bonds is 6. The van der Waals surface area contributed by atoms with Crippen molar-refractivity contribution in [2.24, 2.45) is 0 Å². The number of aryl methyl sites for hydroxylation is 1. The molecule has 23 heavy (non-hydrogen) atoms. The molecule has 0 fully saturated rings. The van der Waals surface area contributed by atoms with Crippen molar-refractivity contribution in [3.05, 3.63) is 54.7 Å². The number of hydrogen-bond acceptors (Lipinski definition) is 4. The summed E-state index contributed by atoms with van der Waals surface area (Å²) in [7, 11) is 0. The molecular weight excluding hydrogens is 294 g/mol. The van der Waals surface area contributed by atoms with Crippen LogP contribution >= 0.6 is 0 Å². The molecule has 0 aliphatic heterocycles. The van der Waals surface area contributed by atoms with Crippen LogP contribution in [0.3, 0.4) is 0 Å². The molecule has 0 aliphatic rings. The molecule has 1 unspecified atom stereocenters. The summed E-state index contributed by atoms with van der Waals surface area (Å²) in [5.74, 6) is 0.299. The largest absolute Gasteiger partial charge is 0.466 e. The minimum atomic E-state index is -1.22. The Morgan fingerprint density at radius 2 is 2.17 bits per heavy atom. The average Bonchev–Trinajstić information content (AvgIpc) is 3.21. The topological polar surface area (TPSA) is 80.3 Å².